The van der Waals surface area contributed by atoms with Crippen LogP contribution in [0.2, 0.25) is 0 Å². The molecular formula is C11H16O2. The largest absolute Gasteiger partial charge is 0.376 e. The number of terminal acetylenes is 1. The van der Waals surface area contributed by atoms with E-state index in [0.717, 1.165) is 25.0 Å². The van der Waals surface area contributed by atoms with Gasteiger partial charge in [-0.25, -0.2) is 0 Å². The number of hydrogen-bond acceptors (Lipinski definition) is 2. The summed E-state index contributed by atoms with van der Waals surface area (Å²) >= 11 is 0. The molecule has 2 heteroatoms. The fraction of sp³-hybridized carbons (Fsp3) is 0.636. The van der Waals surface area contributed by atoms with Gasteiger partial charge in [0.1, 0.15) is 6.10 Å². The third-order valence-corrected chi connectivity index (χ3v) is 2.25. The number of hydrogen-bond donors (Lipinski definition) is 1. The molecular weight excluding hydrogens is 164 g/mol. The van der Waals surface area contributed by atoms with E-state index in [2.05, 4.69) is 5.92 Å². The zero-order valence-corrected chi connectivity index (χ0v) is 7.99. The highest BCUT2D eigenvalue weighted by Gasteiger charge is 2.12. The molecule has 2 atom stereocenters. The summed E-state index contributed by atoms with van der Waals surface area (Å²) in [6.07, 6.45) is 9.79. The standard InChI is InChI=1S/C11H16O2/c1-3-11(12)9(2)8-10-6-4-5-7-13-10/h1,8,10-12H,4-7H2,2H3. The Bertz CT molecular complexity index is 219. The molecule has 2 nitrogen and oxygen atoms in total. The highest BCUT2D eigenvalue weighted by atomic mass is 16.5. The second kappa shape index (κ2) is 5.06. The van der Waals surface area contributed by atoms with Crippen LogP contribution in [0.15, 0.2) is 11.6 Å². The Morgan fingerprint density at radius 1 is 1.69 bits per heavy atom. The Balaban J connectivity index is 2.48. The van der Waals surface area contributed by atoms with E-state index in [1.54, 1.807) is 0 Å². The maximum Gasteiger partial charge on any atom is 0.135 e. The van der Waals surface area contributed by atoms with Crippen molar-refractivity contribution in [3.05, 3.63) is 11.6 Å². The van der Waals surface area contributed by atoms with Crippen LogP contribution in [0, 0.1) is 12.3 Å². The summed E-state index contributed by atoms with van der Waals surface area (Å²) in [6.45, 7) is 2.66. The Labute approximate surface area is 79.6 Å². The van der Waals surface area contributed by atoms with Crippen molar-refractivity contribution in [3.63, 3.8) is 0 Å². The van der Waals surface area contributed by atoms with Crippen LogP contribution < -0.4 is 0 Å². The van der Waals surface area contributed by atoms with Gasteiger partial charge in [-0.3, -0.25) is 0 Å². The first-order valence-corrected chi connectivity index (χ1v) is 4.68. The van der Waals surface area contributed by atoms with Crippen LogP contribution in [-0.4, -0.2) is 23.9 Å². The topological polar surface area (TPSA) is 29.5 Å². The van der Waals surface area contributed by atoms with Crippen LogP contribution in [-0.2, 0) is 4.74 Å². The van der Waals surface area contributed by atoms with Gasteiger partial charge in [0, 0.05) is 6.61 Å². The van der Waals surface area contributed by atoms with Gasteiger partial charge < -0.3 is 9.84 Å². The third-order valence-electron chi connectivity index (χ3n) is 2.25. The lowest BCUT2D eigenvalue weighted by atomic mass is 10.0. The van der Waals surface area contributed by atoms with Crippen molar-refractivity contribution in [1.29, 1.82) is 0 Å². The molecule has 1 heterocycles. The Morgan fingerprint density at radius 3 is 3.00 bits per heavy atom. The number of rotatable bonds is 2. The number of ether oxygens (including phenoxy) is 1. The number of aliphatic hydroxyl groups excluding tert-OH is 1. The highest BCUT2D eigenvalue weighted by Crippen LogP contribution is 2.16. The molecule has 0 aliphatic carbocycles. The predicted octanol–water partition coefficient (Wildman–Crippen LogP) is 1.50. The molecule has 1 N–H and O–H groups in total. The van der Waals surface area contributed by atoms with Gasteiger partial charge in [-0.1, -0.05) is 12.0 Å². The molecule has 0 radical (unpaired) electrons. The zero-order chi connectivity index (χ0) is 9.68. The molecule has 72 valence electrons. The lowest BCUT2D eigenvalue weighted by molar-refractivity contribution is 0.0455. The summed E-state index contributed by atoms with van der Waals surface area (Å²) in [7, 11) is 0. The fourth-order valence-corrected chi connectivity index (χ4v) is 1.41. The van der Waals surface area contributed by atoms with Gasteiger partial charge in [0.2, 0.25) is 0 Å². The van der Waals surface area contributed by atoms with Crippen molar-refractivity contribution in [2.75, 3.05) is 6.61 Å². The second-order valence-corrected chi connectivity index (χ2v) is 3.38. The smallest absolute Gasteiger partial charge is 0.135 e. The molecule has 1 rings (SSSR count). The molecule has 2 unspecified atom stereocenters. The minimum atomic E-state index is -0.759. The lowest BCUT2D eigenvalue weighted by Crippen LogP contribution is -2.18. The summed E-state index contributed by atoms with van der Waals surface area (Å²) in [5.41, 5.74) is 0.814. The van der Waals surface area contributed by atoms with Gasteiger partial charge in [-0.05, 0) is 31.8 Å². The predicted molar refractivity (Wildman–Crippen MR) is 52.2 cm³/mol. The van der Waals surface area contributed by atoms with E-state index < -0.39 is 6.10 Å². The average Bonchev–Trinajstić information content (AvgIpc) is 2.18. The van der Waals surface area contributed by atoms with E-state index in [1.165, 1.54) is 6.42 Å². The molecule has 0 spiro atoms. The summed E-state index contributed by atoms with van der Waals surface area (Å²) < 4.78 is 5.49. The first-order chi connectivity index (χ1) is 6.24. The molecule has 0 aromatic carbocycles. The maximum absolute atomic E-state index is 9.30. The van der Waals surface area contributed by atoms with E-state index in [9.17, 15) is 5.11 Å². The Morgan fingerprint density at radius 2 is 2.46 bits per heavy atom. The van der Waals surface area contributed by atoms with E-state index in [0.29, 0.717) is 0 Å². The van der Waals surface area contributed by atoms with Crippen LogP contribution in [0.25, 0.3) is 0 Å². The average molecular weight is 180 g/mol. The monoisotopic (exact) mass is 180 g/mol. The Hall–Kier alpha value is -0.780. The molecule has 1 aliphatic rings. The minimum absolute atomic E-state index is 0.150. The Kier molecular flexibility index (Phi) is 4.01. The van der Waals surface area contributed by atoms with Crippen LogP contribution in [0.5, 0.6) is 0 Å². The normalized spacial score (nSPS) is 26.5. The molecule has 0 amide bonds. The van der Waals surface area contributed by atoms with Gasteiger partial charge in [0.25, 0.3) is 0 Å². The van der Waals surface area contributed by atoms with Crippen molar-refractivity contribution in [2.24, 2.45) is 0 Å². The molecule has 0 bridgehead atoms. The van der Waals surface area contributed by atoms with Crippen LogP contribution >= 0.6 is 0 Å². The first kappa shape index (κ1) is 10.3. The summed E-state index contributed by atoms with van der Waals surface area (Å²) in [5.74, 6) is 2.29. The molecule has 0 aromatic rings. The molecule has 0 aromatic heterocycles. The summed E-state index contributed by atoms with van der Waals surface area (Å²) in [5, 5.41) is 9.30. The van der Waals surface area contributed by atoms with Gasteiger partial charge in [0.15, 0.2) is 0 Å². The van der Waals surface area contributed by atoms with Crippen LogP contribution in [0.3, 0.4) is 0 Å². The highest BCUT2D eigenvalue weighted by molar-refractivity contribution is 5.18. The second-order valence-electron chi connectivity index (χ2n) is 3.38. The van der Waals surface area contributed by atoms with Crippen molar-refractivity contribution >= 4 is 0 Å². The molecule has 1 saturated heterocycles. The van der Waals surface area contributed by atoms with E-state index >= 15 is 0 Å². The van der Waals surface area contributed by atoms with E-state index in [1.807, 2.05) is 13.0 Å². The summed E-state index contributed by atoms with van der Waals surface area (Å²) in [6, 6.07) is 0. The summed E-state index contributed by atoms with van der Waals surface area (Å²) in [4.78, 5) is 0. The third kappa shape index (κ3) is 3.22. The van der Waals surface area contributed by atoms with Crippen LogP contribution in [0.1, 0.15) is 26.2 Å². The van der Waals surface area contributed by atoms with Crippen molar-refractivity contribution in [2.45, 2.75) is 38.4 Å². The quantitative estimate of drug-likeness (QED) is 0.515. The van der Waals surface area contributed by atoms with Crippen molar-refractivity contribution in [3.8, 4) is 12.3 Å². The van der Waals surface area contributed by atoms with Crippen molar-refractivity contribution < 1.29 is 9.84 Å². The first-order valence-electron chi connectivity index (χ1n) is 4.68. The van der Waals surface area contributed by atoms with E-state index in [-0.39, 0.29) is 6.10 Å². The molecule has 13 heavy (non-hydrogen) atoms. The molecule has 1 fully saturated rings. The van der Waals surface area contributed by atoms with Crippen LogP contribution in [0.4, 0.5) is 0 Å². The van der Waals surface area contributed by atoms with Gasteiger partial charge in [-0.15, -0.1) is 6.42 Å². The van der Waals surface area contributed by atoms with Gasteiger partial charge >= 0.3 is 0 Å². The number of aliphatic hydroxyl groups is 1. The zero-order valence-electron chi connectivity index (χ0n) is 7.99. The fourth-order valence-electron chi connectivity index (χ4n) is 1.41. The lowest BCUT2D eigenvalue weighted by Gasteiger charge is -2.20. The minimum Gasteiger partial charge on any atom is -0.376 e. The van der Waals surface area contributed by atoms with Gasteiger partial charge in [-0.2, -0.15) is 0 Å². The molecule has 0 saturated carbocycles. The SMILES string of the molecule is C#CC(O)C(C)=CC1CCCCO1. The van der Waals surface area contributed by atoms with Crippen molar-refractivity contribution in [1.82, 2.24) is 0 Å². The maximum atomic E-state index is 9.30. The molecule has 1 aliphatic heterocycles. The van der Waals surface area contributed by atoms with E-state index in [4.69, 9.17) is 11.2 Å². The van der Waals surface area contributed by atoms with Gasteiger partial charge in [0.05, 0.1) is 6.10 Å².